The number of carboxylic acid groups (broad SMARTS) is 1. The molecule has 2 aromatic carbocycles. The predicted molar refractivity (Wildman–Crippen MR) is 168 cm³/mol. The van der Waals surface area contributed by atoms with Gasteiger partial charge in [0.1, 0.15) is 5.75 Å². The zero-order valence-corrected chi connectivity index (χ0v) is 26.8. The van der Waals surface area contributed by atoms with Crippen molar-refractivity contribution < 1.29 is 32.5 Å². The molecule has 0 saturated carbocycles. The van der Waals surface area contributed by atoms with E-state index in [9.17, 15) is 18.0 Å². The summed E-state index contributed by atoms with van der Waals surface area (Å²) in [5, 5.41) is 9.10. The van der Waals surface area contributed by atoms with Crippen molar-refractivity contribution in [3.05, 3.63) is 71.3 Å². The van der Waals surface area contributed by atoms with Crippen molar-refractivity contribution in [1.82, 2.24) is 4.90 Å². The van der Waals surface area contributed by atoms with Crippen LogP contribution in [0.1, 0.15) is 89.3 Å². The molecule has 0 bridgehead atoms. The number of aliphatic carboxylic acids is 1. The van der Waals surface area contributed by atoms with E-state index in [4.69, 9.17) is 14.6 Å². The zero-order valence-electron chi connectivity index (χ0n) is 26.8. The Morgan fingerprint density at radius 1 is 1.09 bits per heavy atom. The quantitative estimate of drug-likeness (QED) is 0.259. The summed E-state index contributed by atoms with van der Waals surface area (Å²) in [7, 11) is 1.64. The highest BCUT2D eigenvalue weighted by atomic mass is 19.4. The molecule has 0 spiro atoms. The van der Waals surface area contributed by atoms with Gasteiger partial charge in [0.15, 0.2) is 0 Å². The lowest BCUT2D eigenvalue weighted by Gasteiger charge is -2.46. The second-order valence-electron chi connectivity index (χ2n) is 14.1. The summed E-state index contributed by atoms with van der Waals surface area (Å²) >= 11 is 0. The summed E-state index contributed by atoms with van der Waals surface area (Å²) in [6, 6.07) is 16.2. The van der Waals surface area contributed by atoms with Gasteiger partial charge in [0.05, 0.1) is 18.1 Å². The normalized spacial score (nSPS) is 22.5. The van der Waals surface area contributed by atoms with Gasteiger partial charge in [0, 0.05) is 31.5 Å². The lowest BCUT2D eigenvalue weighted by Crippen LogP contribution is -2.47. The third kappa shape index (κ3) is 8.66. The zero-order chi connectivity index (χ0) is 32.2. The molecule has 0 aromatic heterocycles. The monoisotopic (exact) mass is 615 g/mol. The first kappa shape index (κ1) is 34.0. The van der Waals surface area contributed by atoms with Crippen LogP contribution in [0.25, 0.3) is 5.57 Å². The molecular weight excluding hydrogens is 567 g/mol. The first-order valence-corrected chi connectivity index (χ1v) is 15.7. The summed E-state index contributed by atoms with van der Waals surface area (Å²) in [5.41, 5.74) is 1.99. The van der Waals surface area contributed by atoms with Gasteiger partial charge in [0.2, 0.25) is 0 Å². The second kappa shape index (κ2) is 13.7. The Hall–Kier alpha value is -2.84. The summed E-state index contributed by atoms with van der Waals surface area (Å²) < 4.78 is 53.8. The van der Waals surface area contributed by atoms with E-state index in [1.165, 1.54) is 25.0 Å². The Labute approximate surface area is 260 Å². The average molecular weight is 616 g/mol. The van der Waals surface area contributed by atoms with Gasteiger partial charge >= 0.3 is 12.1 Å². The predicted octanol–water partition coefficient (Wildman–Crippen LogP) is 8.66. The van der Waals surface area contributed by atoms with Crippen LogP contribution in [0, 0.1) is 11.3 Å². The molecular formula is C36H48F3NO4. The fourth-order valence-corrected chi connectivity index (χ4v) is 6.93. The topological polar surface area (TPSA) is 59.0 Å². The smallest absolute Gasteiger partial charge is 0.395 e. The van der Waals surface area contributed by atoms with E-state index in [0.29, 0.717) is 26.1 Å². The van der Waals surface area contributed by atoms with Gasteiger partial charge in [-0.3, -0.25) is 9.69 Å². The number of benzene rings is 2. The van der Waals surface area contributed by atoms with E-state index in [2.05, 4.69) is 32.1 Å². The summed E-state index contributed by atoms with van der Waals surface area (Å²) in [5.74, 6) is 0.185. The Balaban J connectivity index is 1.54. The summed E-state index contributed by atoms with van der Waals surface area (Å²) in [6.45, 7) is 8.17. The molecule has 1 aliphatic carbocycles. The standard InChI is InChI=1S/C36H48F3NO4/c1-33(2,36(37,38)39)25-40(23-27-8-12-29(13-9-27)28-10-6-26(7-11-28)22-32(41)42)20-18-35(19-21-44-34(3,4)24-35)30-14-16-31(43-5)17-15-30/h8-10,12-17,26H,6-7,11,18-25H2,1-5H3,(H,41,42)/t26?,35-/m1/s1. The van der Waals surface area contributed by atoms with Crippen molar-refractivity contribution in [1.29, 1.82) is 0 Å². The second-order valence-corrected chi connectivity index (χ2v) is 14.1. The third-order valence-electron chi connectivity index (χ3n) is 9.55. The van der Waals surface area contributed by atoms with E-state index >= 15 is 0 Å². The Morgan fingerprint density at radius 3 is 2.32 bits per heavy atom. The van der Waals surface area contributed by atoms with E-state index in [1.807, 2.05) is 41.3 Å². The van der Waals surface area contributed by atoms with E-state index in [1.54, 1.807) is 7.11 Å². The van der Waals surface area contributed by atoms with Crippen LogP contribution in [0.5, 0.6) is 5.75 Å². The van der Waals surface area contributed by atoms with Crippen molar-refractivity contribution >= 4 is 11.5 Å². The van der Waals surface area contributed by atoms with Crippen molar-refractivity contribution in [2.24, 2.45) is 11.3 Å². The van der Waals surface area contributed by atoms with E-state index in [0.717, 1.165) is 49.0 Å². The largest absolute Gasteiger partial charge is 0.497 e. The third-order valence-corrected chi connectivity index (χ3v) is 9.55. The minimum absolute atomic E-state index is 0.104. The number of nitrogens with zero attached hydrogens (tertiary/aromatic N) is 1. The van der Waals surface area contributed by atoms with Crippen molar-refractivity contribution in [3.63, 3.8) is 0 Å². The molecule has 5 nitrogen and oxygen atoms in total. The van der Waals surface area contributed by atoms with Gasteiger partial charge in [-0.1, -0.05) is 42.5 Å². The minimum atomic E-state index is -4.32. The molecule has 4 rings (SSSR count). The number of methoxy groups -OCH3 is 1. The Kier molecular flexibility index (Phi) is 10.6. The molecule has 8 heteroatoms. The number of alkyl halides is 3. The van der Waals surface area contributed by atoms with E-state index in [-0.39, 0.29) is 29.9 Å². The number of rotatable bonds is 12. The van der Waals surface area contributed by atoms with Crippen molar-refractivity contribution in [2.75, 3.05) is 26.8 Å². The van der Waals surface area contributed by atoms with Crippen molar-refractivity contribution in [2.45, 2.75) is 96.4 Å². The van der Waals surface area contributed by atoms with Gasteiger partial charge in [-0.25, -0.2) is 0 Å². The maximum Gasteiger partial charge on any atom is 0.395 e. The maximum absolute atomic E-state index is 14.1. The number of ether oxygens (including phenoxy) is 2. The van der Waals surface area contributed by atoms with Crippen LogP contribution < -0.4 is 4.74 Å². The average Bonchev–Trinajstić information content (AvgIpc) is 2.95. The highest BCUT2D eigenvalue weighted by molar-refractivity contribution is 5.69. The van der Waals surface area contributed by atoms with Gasteiger partial charge in [-0.2, -0.15) is 13.2 Å². The molecule has 0 amide bonds. The van der Waals surface area contributed by atoms with Gasteiger partial charge in [-0.15, -0.1) is 0 Å². The number of hydrogen-bond donors (Lipinski definition) is 1. The minimum Gasteiger partial charge on any atom is -0.497 e. The number of hydrogen-bond acceptors (Lipinski definition) is 4. The van der Waals surface area contributed by atoms with Crippen molar-refractivity contribution in [3.8, 4) is 5.75 Å². The highest BCUT2D eigenvalue weighted by Gasteiger charge is 2.48. The highest BCUT2D eigenvalue weighted by Crippen LogP contribution is 2.45. The Morgan fingerprint density at radius 2 is 1.77 bits per heavy atom. The molecule has 1 fully saturated rings. The molecule has 1 N–H and O–H groups in total. The molecule has 242 valence electrons. The van der Waals surface area contributed by atoms with Gasteiger partial charge in [-0.05, 0) is 113 Å². The van der Waals surface area contributed by atoms with Crippen LogP contribution in [0.15, 0.2) is 54.6 Å². The molecule has 1 aliphatic heterocycles. The molecule has 1 saturated heterocycles. The molecule has 2 aliphatic rings. The lowest BCUT2D eigenvalue weighted by atomic mass is 9.67. The van der Waals surface area contributed by atoms with Crippen LogP contribution in [0.2, 0.25) is 0 Å². The molecule has 1 unspecified atom stereocenters. The lowest BCUT2D eigenvalue weighted by molar-refractivity contribution is -0.217. The fourth-order valence-electron chi connectivity index (χ4n) is 6.93. The molecule has 2 atom stereocenters. The molecule has 0 radical (unpaired) electrons. The van der Waals surface area contributed by atoms with Crippen LogP contribution in [-0.2, 0) is 21.5 Å². The molecule has 2 aromatic rings. The van der Waals surface area contributed by atoms with Gasteiger partial charge < -0.3 is 14.6 Å². The first-order chi connectivity index (χ1) is 20.6. The number of carbonyl (C=O) groups is 1. The van der Waals surface area contributed by atoms with Crippen LogP contribution in [0.4, 0.5) is 13.2 Å². The van der Waals surface area contributed by atoms with Crippen LogP contribution in [0.3, 0.4) is 0 Å². The van der Waals surface area contributed by atoms with E-state index < -0.39 is 17.6 Å². The Bertz CT molecular complexity index is 1280. The number of allylic oxidation sites excluding steroid dienone is 2. The fraction of sp³-hybridized carbons (Fsp3) is 0.583. The number of carboxylic acids is 1. The van der Waals surface area contributed by atoms with Crippen LogP contribution >= 0.6 is 0 Å². The summed E-state index contributed by atoms with van der Waals surface area (Å²) in [6.07, 6.45) is 2.72. The van der Waals surface area contributed by atoms with Crippen LogP contribution in [-0.4, -0.2) is 54.6 Å². The van der Waals surface area contributed by atoms with Gasteiger partial charge in [0.25, 0.3) is 0 Å². The summed E-state index contributed by atoms with van der Waals surface area (Å²) in [4.78, 5) is 13.0. The molecule has 44 heavy (non-hydrogen) atoms. The first-order valence-electron chi connectivity index (χ1n) is 15.7. The number of halogens is 3. The SMILES string of the molecule is COc1ccc([C@]2(CCN(Cc3ccc(C4=CCC(CC(=O)O)CC4)cc3)CC(C)(C)C(F)(F)F)CCOC(C)(C)C2)cc1. The molecule has 1 heterocycles. The maximum atomic E-state index is 14.1.